The molecular formula is C12H24N2O4Si. The molecule has 1 rings (SSSR count). The van der Waals surface area contributed by atoms with Gasteiger partial charge in [0, 0.05) is 6.42 Å². The van der Waals surface area contributed by atoms with E-state index in [0.29, 0.717) is 13.0 Å². The van der Waals surface area contributed by atoms with E-state index in [-0.39, 0.29) is 11.1 Å². The second-order valence-corrected chi connectivity index (χ2v) is 11.2. The van der Waals surface area contributed by atoms with Crippen LogP contribution in [0.15, 0.2) is 5.29 Å². The van der Waals surface area contributed by atoms with Gasteiger partial charge in [-0.05, 0) is 18.1 Å². The fourth-order valence-electron chi connectivity index (χ4n) is 1.90. The first kappa shape index (κ1) is 16.1. The summed E-state index contributed by atoms with van der Waals surface area (Å²) in [5.41, 5.74) is 0. The van der Waals surface area contributed by atoms with Crippen LogP contribution < -0.4 is 0 Å². The number of esters is 1. The molecule has 0 aliphatic carbocycles. The van der Waals surface area contributed by atoms with Gasteiger partial charge in [-0.2, -0.15) is 0 Å². The summed E-state index contributed by atoms with van der Waals surface area (Å²) in [6.07, 6.45) is 0.327. The van der Waals surface area contributed by atoms with Crippen molar-refractivity contribution < 1.29 is 14.0 Å². The van der Waals surface area contributed by atoms with Crippen molar-refractivity contribution in [3.8, 4) is 0 Å². The van der Waals surface area contributed by atoms with Crippen molar-refractivity contribution in [3.63, 3.8) is 0 Å². The van der Waals surface area contributed by atoms with Gasteiger partial charge in [-0.3, -0.25) is 0 Å². The zero-order valence-electron chi connectivity index (χ0n) is 12.6. The summed E-state index contributed by atoms with van der Waals surface area (Å²) < 4.78 is 10.9. The molecule has 0 aromatic heterocycles. The minimum atomic E-state index is -1.91. The molecule has 0 spiro atoms. The molecule has 0 radical (unpaired) electrons. The number of methoxy groups -OCH3 is 1. The molecule has 0 amide bonds. The number of hydrogen-bond acceptors (Lipinski definition) is 5. The van der Waals surface area contributed by atoms with Crippen molar-refractivity contribution in [2.45, 2.75) is 57.5 Å². The molecule has 1 aliphatic heterocycles. The molecule has 7 heteroatoms. The Balaban J connectivity index is 2.74. The molecule has 0 bridgehead atoms. The van der Waals surface area contributed by atoms with Crippen LogP contribution >= 0.6 is 0 Å². The van der Waals surface area contributed by atoms with Crippen LogP contribution in [0.2, 0.25) is 18.1 Å². The van der Waals surface area contributed by atoms with Crippen LogP contribution in [0.5, 0.6) is 0 Å². The van der Waals surface area contributed by atoms with Gasteiger partial charge < -0.3 is 9.16 Å². The van der Waals surface area contributed by atoms with Crippen LogP contribution in [0.4, 0.5) is 0 Å². The quantitative estimate of drug-likeness (QED) is 0.451. The van der Waals surface area contributed by atoms with Gasteiger partial charge in [0.15, 0.2) is 8.32 Å². The smallest absolute Gasteiger partial charge is 0.330 e. The van der Waals surface area contributed by atoms with Gasteiger partial charge in [-0.15, -0.1) is 4.91 Å². The molecule has 1 saturated heterocycles. The molecule has 0 aromatic rings. The van der Waals surface area contributed by atoms with Crippen LogP contribution in [0.25, 0.3) is 0 Å². The van der Waals surface area contributed by atoms with E-state index in [9.17, 15) is 9.70 Å². The molecule has 0 unspecified atom stereocenters. The zero-order valence-corrected chi connectivity index (χ0v) is 13.6. The molecule has 0 aromatic carbocycles. The van der Waals surface area contributed by atoms with E-state index in [1.165, 1.54) is 12.1 Å². The largest absolute Gasteiger partial charge is 0.467 e. The third-order valence-corrected chi connectivity index (χ3v) is 8.62. The van der Waals surface area contributed by atoms with Gasteiger partial charge >= 0.3 is 5.97 Å². The molecule has 0 saturated carbocycles. The summed E-state index contributed by atoms with van der Waals surface area (Å²) >= 11 is 0. The third-order valence-electron chi connectivity index (χ3n) is 4.08. The van der Waals surface area contributed by atoms with E-state index in [0.717, 1.165) is 0 Å². The predicted octanol–water partition coefficient (Wildman–Crippen LogP) is 2.31. The highest BCUT2D eigenvalue weighted by molar-refractivity contribution is 6.74. The Labute approximate surface area is 115 Å². The summed E-state index contributed by atoms with van der Waals surface area (Å²) in [5, 5.41) is 4.22. The minimum absolute atomic E-state index is 0.0930. The second kappa shape index (κ2) is 5.58. The highest BCUT2D eigenvalue weighted by atomic mass is 28.4. The Hall–Kier alpha value is -0.953. The number of nitrogens with zero attached hydrogens (tertiary/aromatic N) is 2. The number of rotatable bonds is 4. The van der Waals surface area contributed by atoms with Crippen molar-refractivity contribution in [3.05, 3.63) is 4.91 Å². The van der Waals surface area contributed by atoms with E-state index < -0.39 is 20.3 Å². The van der Waals surface area contributed by atoms with Gasteiger partial charge in [0.25, 0.3) is 0 Å². The normalized spacial score (nSPS) is 24.4. The topological polar surface area (TPSA) is 68.2 Å². The highest BCUT2D eigenvalue weighted by Gasteiger charge is 2.44. The van der Waals surface area contributed by atoms with Gasteiger partial charge in [-0.1, -0.05) is 20.8 Å². The van der Waals surface area contributed by atoms with Gasteiger partial charge in [0.05, 0.1) is 25.0 Å². The number of carbonyl (C=O) groups excluding carboxylic acids is 1. The summed E-state index contributed by atoms with van der Waals surface area (Å²) in [7, 11) is -0.596. The summed E-state index contributed by atoms with van der Waals surface area (Å²) in [6.45, 7) is 11.1. The van der Waals surface area contributed by atoms with E-state index in [2.05, 4.69) is 43.9 Å². The van der Waals surface area contributed by atoms with E-state index in [4.69, 9.17) is 4.43 Å². The lowest BCUT2D eigenvalue weighted by Gasteiger charge is -2.38. The van der Waals surface area contributed by atoms with E-state index in [1.54, 1.807) is 0 Å². The SMILES string of the molecule is COC(=O)[C@@H]1C[C@@H](O[Si](C)(C)C(C)(C)C)CN1N=O. The van der Waals surface area contributed by atoms with Crippen LogP contribution in [-0.4, -0.2) is 45.1 Å². The lowest BCUT2D eigenvalue weighted by Crippen LogP contribution is -2.44. The van der Waals surface area contributed by atoms with Crippen molar-refractivity contribution in [1.29, 1.82) is 0 Å². The standard InChI is InChI=1S/C12H24N2O4Si/c1-12(2,3)19(5,6)18-9-7-10(11(15)17-4)14(8-9)13-16/h9-10H,7-8H2,1-6H3/t9-,10+/m1/s1. The van der Waals surface area contributed by atoms with Crippen LogP contribution in [0, 0.1) is 4.91 Å². The predicted molar refractivity (Wildman–Crippen MR) is 75.0 cm³/mol. The first-order chi connectivity index (χ1) is 8.62. The Bertz CT molecular complexity index is 354. The lowest BCUT2D eigenvalue weighted by molar-refractivity contribution is -0.145. The molecule has 1 fully saturated rings. The summed E-state index contributed by atoms with van der Waals surface area (Å²) in [5.74, 6) is -0.430. The van der Waals surface area contributed by atoms with Crippen LogP contribution in [-0.2, 0) is 14.0 Å². The van der Waals surface area contributed by atoms with E-state index in [1.807, 2.05) is 0 Å². The van der Waals surface area contributed by atoms with Crippen molar-refractivity contribution in [2.75, 3.05) is 13.7 Å². The third kappa shape index (κ3) is 3.53. The average Bonchev–Trinajstić information content (AvgIpc) is 2.68. The van der Waals surface area contributed by atoms with Gasteiger partial charge in [0.1, 0.15) is 6.04 Å². The first-order valence-corrected chi connectivity index (χ1v) is 9.38. The van der Waals surface area contributed by atoms with Gasteiger partial charge in [0.2, 0.25) is 0 Å². The molecule has 19 heavy (non-hydrogen) atoms. The van der Waals surface area contributed by atoms with Crippen molar-refractivity contribution in [1.82, 2.24) is 5.01 Å². The molecule has 6 nitrogen and oxygen atoms in total. The Morgan fingerprint density at radius 2 is 1.95 bits per heavy atom. The number of nitroso groups, excluding NO2 is 1. The summed E-state index contributed by atoms with van der Waals surface area (Å²) in [6, 6.07) is -0.614. The molecule has 1 heterocycles. The van der Waals surface area contributed by atoms with Crippen LogP contribution in [0.1, 0.15) is 27.2 Å². The Kier molecular flexibility index (Phi) is 4.73. The van der Waals surface area contributed by atoms with Crippen molar-refractivity contribution in [2.24, 2.45) is 5.29 Å². The van der Waals surface area contributed by atoms with Crippen LogP contribution in [0.3, 0.4) is 0 Å². The zero-order chi connectivity index (χ0) is 14.8. The highest BCUT2D eigenvalue weighted by Crippen LogP contribution is 2.38. The summed E-state index contributed by atoms with van der Waals surface area (Å²) in [4.78, 5) is 22.4. The molecule has 1 aliphatic rings. The maximum Gasteiger partial charge on any atom is 0.330 e. The lowest BCUT2D eigenvalue weighted by atomic mass is 10.2. The molecule has 110 valence electrons. The Morgan fingerprint density at radius 3 is 2.37 bits per heavy atom. The van der Waals surface area contributed by atoms with Gasteiger partial charge in [-0.25, -0.2) is 9.80 Å². The molecule has 2 atom stereocenters. The maximum absolute atomic E-state index is 11.6. The number of carbonyl (C=O) groups is 1. The molecular weight excluding hydrogens is 264 g/mol. The number of hydrogen-bond donors (Lipinski definition) is 0. The fourth-order valence-corrected chi connectivity index (χ4v) is 3.26. The average molecular weight is 288 g/mol. The van der Waals surface area contributed by atoms with Crippen molar-refractivity contribution >= 4 is 14.3 Å². The Morgan fingerprint density at radius 1 is 1.37 bits per heavy atom. The monoisotopic (exact) mass is 288 g/mol. The second-order valence-electron chi connectivity index (χ2n) is 6.48. The minimum Gasteiger partial charge on any atom is -0.467 e. The maximum atomic E-state index is 11.6. The first-order valence-electron chi connectivity index (χ1n) is 6.48. The number of ether oxygens (including phenoxy) is 1. The van der Waals surface area contributed by atoms with E-state index >= 15 is 0 Å². The molecule has 0 N–H and O–H groups in total. The fraction of sp³-hybridized carbons (Fsp3) is 0.917.